The first-order chi connectivity index (χ1) is 15.9. The van der Waals surface area contributed by atoms with Gasteiger partial charge in [0.05, 0.1) is 0 Å². The highest BCUT2D eigenvalue weighted by Crippen LogP contribution is 2.43. The van der Waals surface area contributed by atoms with Crippen molar-refractivity contribution in [2.75, 3.05) is 26.2 Å². The van der Waals surface area contributed by atoms with Crippen molar-refractivity contribution in [1.29, 1.82) is 0 Å². The molecule has 0 N–H and O–H groups in total. The van der Waals surface area contributed by atoms with E-state index in [1.165, 1.54) is 0 Å². The maximum Gasteiger partial charge on any atom is 0.253 e. The second-order valence-electron chi connectivity index (χ2n) is 10.0. The topological polar surface area (TPSA) is 49.9 Å². The fraction of sp³-hybridized carbons (Fsp3) is 0.481. The molecule has 1 aliphatic carbocycles. The van der Waals surface area contributed by atoms with Gasteiger partial charge in [-0.15, -0.1) is 0 Å². The highest BCUT2D eigenvalue weighted by molar-refractivity contribution is 6.30. The summed E-state index contributed by atoms with van der Waals surface area (Å²) in [5.74, 6) is 2.04. The average molecular weight is 467 g/mol. The van der Waals surface area contributed by atoms with E-state index in [2.05, 4.69) is 11.8 Å². The van der Waals surface area contributed by atoms with Crippen LogP contribution in [-0.2, 0) is 4.79 Å². The van der Waals surface area contributed by atoms with Crippen LogP contribution in [0.25, 0.3) is 0 Å². The highest BCUT2D eigenvalue weighted by Gasteiger charge is 2.49. The molecule has 0 radical (unpaired) electrons. The minimum Gasteiger partial charge on any atom is -0.490 e. The second-order valence-corrected chi connectivity index (χ2v) is 10.5. The van der Waals surface area contributed by atoms with Crippen molar-refractivity contribution in [2.24, 2.45) is 17.3 Å². The Morgan fingerprint density at radius 2 is 1.64 bits per heavy atom. The Balaban J connectivity index is 1.18. The lowest BCUT2D eigenvalue weighted by atomic mass is 9.79. The molecule has 0 unspecified atom stereocenters. The van der Waals surface area contributed by atoms with E-state index in [1.807, 2.05) is 59.5 Å². The van der Waals surface area contributed by atoms with E-state index in [-0.39, 0.29) is 17.9 Å². The normalized spacial score (nSPS) is 26.2. The summed E-state index contributed by atoms with van der Waals surface area (Å²) in [4.78, 5) is 30.3. The Bertz CT molecular complexity index is 1000. The SMILES string of the molecule is CC1(C(=O)N2C[C@@H]3CC[C@H](Oc4ccc(Cl)cc4)[C@@H]3C2)CCN(C(=O)c2ccccc2)CC1. The predicted octanol–water partition coefficient (Wildman–Crippen LogP) is 4.90. The molecule has 0 bridgehead atoms. The summed E-state index contributed by atoms with van der Waals surface area (Å²) >= 11 is 5.99. The number of halogens is 1. The quantitative estimate of drug-likeness (QED) is 0.644. The molecule has 5 rings (SSSR count). The van der Waals surface area contributed by atoms with Crippen LogP contribution in [0.3, 0.4) is 0 Å². The van der Waals surface area contributed by atoms with E-state index in [0.29, 0.717) is 48.4 Å². The number of amides is 2. The van der Waals surface area contributed by atoms with Crippen molar-refractivity contribution in [3.8, 4) is 5.75 Å². The maximum absolute atomic E-state index is 13.6. The van der Waals surface area contributed by atoms with E-state index in [4.69, 9.17) is 16.3 Å². The smallest absolute Gasteiger partial charge is 0.253 e. The Morgan fingerprint density at radius 3 is 2.33 bits per heavy atom. The van der Waals surface area contributed by atoms with Crippen LogP contribution < -0.4 is 4.74 Å². The number of likely N-dealkylation sites (tertiary alicyclic amines) is 2. The summed E-state index contributed by atoms with van der Waals surface area (Å²) in [7, 11) is 0. The summed E-state index contributed by atoms with van der Waals surface area (Å²) in [6.45, 7) is 4.92. The third-order valence-corrected chi connectivity index (χ3v) is 8.12. The summed E-state index contributed by atoms with van der Waals surface area (Å²) < 4.78 is 6.28. The van der Waals surface area contributed by atoms with Gasteiger partial charge in [0.15, 0.2) is 0 Å². The van der Waals surface area contributed by atoms with Gasteiger partial charge >= 0.3 is 0 Å². The molecule has 2 aromatic carbocycles. The molecular weight excluding hydrogens is 436 g/mol. The number of hydrogen-bond donors (Lipinski definition) is 0. The molecule has 2 heterocycles. The molecule has 1 saturated carbocycles. The van der Waals surface area contributed by atoms with Gasteiger partial charge in [0.25, 0.3) is 5.91 Å². The fourth-order valence-corrected chi connectivity index (χ4v) is 5.90. The van der Waals surface area contributed by atoms with Crippen molar-refractivity contribution in [2.45, 2.75) is 38.7 Å². The highest BCUT2D eigenvalue weighted by atomic mass is 35.5. The molecule has 2 aliphatic heterocycles. The van der Waals surface area contributed by atoms with Crippen molar-refractivity contribution in [3.05, 3.63) is 65.2 Å². The lowest BCUT2D eigenvalue weighted by molar-refractivity contribution is -0.143. The van der Waals surface area contributed by atoms with Crippen molar-refractivity contribution in [3.63, 3.8) is 0 Å². The third kappa shape index (κ3) is 4.48. The minimum absolute atomic E-state index is 0.0583. The molecule has 0 aromatic heterocycles. The average Bonchev–Trinajstić information content (AvgIpc) is 3.42. The van der Waals surface area contributed by atoms with Crippen LogP contribution in [-0.4, -0.2) is 53.9 Å². The van der Waals surface area contributed by atoms with Crippen LogP contribution in [0.2, 0.25) is 5.02 Å². The number of carbonyl (C=O) groups excluding carboxylic acids is 2. The molecular formula is C27H31ClN2O3. The monoisotopic (exact) mass is 466 g/mol. The molecule has 6 heteroatoms. The van der Waals surface area contributed by atoms with Crippen LogP contribution in [0.4, 0.5) is 0 Å². The molecule has 0 spiro atoms. The van der Waals surface area contributed by atoms with Crippen LogP contribution in [0.15, 0.2) is 54.6 Å². The van der Waals surface area contributed by atoms with Gasteiger partial charge in [0.2, 0.25) is 5.91 Å². The van der Waals surface area contributed by atoms with Gasteiger partial charge < -0.3 is 14.5 Å². The Kier molecular flexibility index (Phi) is 6.09. The molecule has 174 valence electrons. The van der Waals surface area contributed by atoms with Crippen LogP contribution >= 0.6 is 11.6 Å². The van der Waals surface area contributed by atoms with Gasteiger partial charge in [-0.2, -0.15) is 0 Å². The lowest BCUT2D eigenvalue weighted by Gasteiger charge is -2.40. The molecule has 3 aliphatic rings. The molecule has 3 fully saturated rings. The van der Waals surface area contributed by atoms with Crippen molar-refractivity contribution in [1.82, 2.24) is 9.80 Å². The first-order valence-corrected chi connectivity index (χ1v) is 12.4. The number of fused-ring (bicyclic) bond motifs is 1. The number of hydrogen-bond acceptors (Lipinski definition) is 3. The number of benzene rings is 2. The largest absolute Gasteiger partial charge is 0.490 e. The molecule has 2 amide bonds. The number of rotatable bonds is 4. The van der Waals surface area contributed by atoms with E-state index >= 15 is 0 Å². The first-order valence-electron chi connectivity index (χ1n) is 12.0. The van der Waals surface area contributed by atoms with Gasteiger partial charge in [-0.25, -0.2) is 0 Å². The first kappa shape index (κ1) is 22.3. The molecule has 2 aromatic rings. The third-order valence-electron chi connectivity index (χ3n) is 7.87. The number of carbonyl (C=O) groups is 2. The van der Waals surface area contributed by atoms with Gasteiger partial charge in [-0.05, 0) is 68.0 Å². The van der Waals surface area contributed by atoms with Gasteiger partial charge in [-0.1, -0.05) is 36.7 Å². The zero-order chi connectivity index (χ0) is 23.0. The Morgan fingerprint density at radius 1 is 0.939 bits per heavy atom. The fourth-order valence-electron chi connectivity index (χ4n) is 5.78. The molecule has 2 saturated heterocycles. The maximum atomic E-state index is 13.6. The van der Waals surface area contributed by atoms with Gasteiger partial charge in [-0.3, -0.25) is 9.59 Å². The molecule has 5 nitrogen and oxygen atoms in total. The van der Waals surface area contributed by atoms with Crippen LogP contribution in [0.5, 0.6) is 5.75 Å². The Hall–Kier alpha value is -2.53. The van der Waals surface area contributed by atoms with Crippen LogP contribution in [0, 0.1) is 17.3 Å². The van der Waals surface area contributed by atoms with Crippen LogP contribution in [0.1, 0.15) is 43.0 Å². The zero-order valence-electron chi connectivity index (χ0n) is 19.1. The standard InChI is InChI=1S/C27H31ClN2O3/c1-27(13-15-29(16-14-27)25(31)19-5-3-2-4-6-19)26(32)30-17-20-7-12-24(23(20)18-30)33-22-10-8-21(28)9-11-22/h2-6,8-11,20,23-24H,7,12-18H2,1H3/t20-,23+,24-/m0/s1. The molecule has 33 heavy (non-hydrogen) atoms. The van der Waals surface area contributed by atoms with Gasteiger partial charge in [0.1, 0.15) is 11.9 Å². The number of ether oxygens (including phenoxy) is 1. The summed E-state index contributed by atoms with van der Waals surface area (Å²) in [6.07, 6.45) is 3.70. The lowest BCUT2D eigenvalue weighted by Crippen LogP contribution is -2.50. The summed E-state index contributed by atoms with van der Waals surface area (Å²) in [5.41, 5.74) is 0.310. The van der Waals surface area contributed by atoms with E-state index in [0.717, 1.165) is 31.7 Å². The summed E-state index contributed by atoms with van der Waals surface area (Å²) in [5, 5.41) is 0.703. The number of nitrogens with zero attached hydrogens (tertiary/aromatic N) is 2. The Labute approximate surface area is 200 Å². The second kappa shape index (κ2) is 9.02. The van der Waals surface area contributed by atoms with Gasteiger partial charge in [0, 0.05) is 48.1 Å². The van der Waals surface area contributed by atoms with Crippen molar-refractivity contribution < 1.29 is 14.3 Å². The number of piperidine rings is 1. The van der Waals surface area contributed by atoms with E-state index in [1.54, 1.807) is 0 Å². The minimum atomic E-state index is -0.404. The van der Waals surface area contributed by atoms with Crippen molar-refractivity contribution >= 4 is 23.4 Å². The zero-order valence-corrected chi connectivity index (χ0v) is 19.8. The summed E-state index contributed by atoms with van der Waals surface area (Å²) in [6, 6.07) is 16.9. The van der Waals surface area contributed by atoms with E-state index in [9.17, 15) is 9.59 Å². The van der Waals surface area contributed by atoms with E-state index < -0.39 is 5.41 Å². The molecule has 3 atom stereocenters. The predicted molar refractivity (Wildman–Crippen MR) is 128 cm³/mol.